The summed E-state index contributed by atoms with van der Waals surface area (Å²) in [6.45, 7) is 0. The van der Waals surface area contributed by atoms with Crippen LogP contribution in [0.1, 0.15) is 10.4 Å². The van der Waals surface area contributed by atoms with Crippen molar-refractivity contribution in [3.8, 4) is 10.6 Å². The molecule has 0 radical (unpaired) electrons. The van der Waals surface area contributed by atoms with Gasteiger partial charge in [-0.1, -0.05) is 5.16 Å². The van der Waals surface area contributed by atoms with Crippen molar-refractivity contribution in [1.82, 2.24) is 10.6 Å². The number of nitrogens with zero attached hydrogens (tertiary/aromatic N) is 2. The highest BCUT2D eigenvalue weighted by Gasteiger charge is 2.24. The fourth-order valence-corrected chi connectivity index (χ4v) is 4.73. The van der Waals surface area contributed by atoms with Crippen LogP contribution in [-0.4, -0.2) is 31.7 Å². The molecule has 0 bridgehead atoms. The van der Waals surface area contributed by atoms with E-state index in [-0.39, 0.29) is 9.77 Å². The number of aromatic nitrogens is 1. The third kappa shape index (κ3) is 3.27. The second-order valence-electron chi connectivity index (χ2n) is 4.96. The lowest BCUT2D eigenvalue weighted by Gasteiger charge is -2.18. The first-order valence-corrected chi connectivity index (χ1v) is 9.23. The van der Waals surface area contributed by atoms with Crippen molar-refractivity contribution in [3.05, 3.63) is 54.3 Å². The summed E-state index contributed by atoms with van der Waals surface area (Å²) in [6.07, 6.45) is 1.42. The lowest BCUT2D eigenvalue weighted by molar-refractivity contribution is 0.0706. The Bertz CT molecular complexity index is 979. The van der Waals surface area contributed by atoms with Crippen molar-refractivity contribution in [2.75, 3.05) is 11.4 Å². The van der Waals surface area contributed by atoms with E-state index < -0.39 is 15.9 Å². The highest BCUT2D eigenvalue weighted by atomic mass is 32.2. The Labute approximate surface area is 147 Å². The zero-order valence-corrected chi connectivity index (χ0v) is 14.5. The van der Waals surface area contributed by atoms with E-state index in [9.17, 15) is 13.2 Å². The Kier molecular flexibility index (Phi) is 4.57. The minimum Gasteiger partial charge on any atom is -0.364 e. The van der Waals surface area contributed by atoms with E-state index in [0.717, 1.165) is 15.6 Å². The van der Waals surface area contributed by atoms with Gasteiger partial charge in [0.15, 0.2) is 0 Å². The molecule has 0 spiro atoms. The number of anilines is 1. The zero-order chi connectivity index (χ0) is 18.0. The van der Waals surface area contributed by atoms with Gasteiger partial charge in [0.05, 0.1) is 10.6 Å². The van der Waals surface area contributed by atoms with Crippen LogP contribution >= 0.6 is 11.3 Å². The molecule has 0 atom stereocenters. The Balaban J connectivity index is 1.88. The molecule has 0 aliphatic rings. The molecule has 0 aliphatic carbocycles. The van der Waals surface area contributed by atoms with Crippen LogP contribution in [0, 0.1) is 0 Å². The first-order chi connectivity index (χ1) is 11.9. The Morgan fingerprint density at radius 2 is 1.92 bits per heavy atom. The third-order valence-corrected chi connectivity index (χ3v) is 6.84. The third-order valence-electron chi connectivity index (χ3n) is 3.48. The minimum absolute atomic E-state index is 0.158. The standard InChI is InChI=1S/C15H13N3O5S2/c1-18(11-4-2-10(3-5-11)15(19)16-20)25(21,22)14-7-6-13(24-14)12-8-9-23-17-12/h2-9,20H,1H3,(H,16,19). The van der Waals surface area contributed by atoms with Crippen LogP contribution in [0.2, 0.25) is 0 Å². The van der Waals surface area contributed by atoms with Crippen molar-refractivity contribution < 1.29 is 22.9 Å². The molecule has 0 unspecified atom stereocenters. The number of carbonyl (C=O) groups is 1. The van der Waals surface area contributed by atoms with Crippen LogP contribution in [-0.2, 0) is 10.0 Å². The minimum atomic E-state index is -3.76. The maximum Gasteiger partial charge on any atom is 0.274 e. The monoisotopic (exact) mass is 379 g/mol. The van der Waals surface area contributed by atoms with Gasteiger partial charge < -0.3 is 4.52 Å². The normalized spacial score (nSPS) is 11.3. The number of benzene rings is 1. The Morgan fingerprint density at radius 1 is 1.20 bits per heavy atom. The lowest BCUT2D eigenvalue weighted by Crippen LogP contribution is -2.26. The van der Waals surface area contributed by atoms with Crippen molar-refractivity contribution in [3.63, 3.8) is 0 Å². The molecule has 0 saturated carbocycles. The average Bonchev–Trinajstić information content (AvgIpc) is 3.31. The first kappa shape index (κ1) is 17.1. The number of rotatable bonds is 5. The molecule has 130 valence electrons. The fourth-order valence-electron chi connectivity index (χ4n) is 2.10. The number of sulfonamides is 1. The largest absolute Gasteiger partial charge is 0.364 e. The highest BCUT2D eigenvalue weighted by molar-refractivity contribution is 7.94. The molecular weight excluding hydrogens is 366 g/mol. The molecule has 0 fully saturated rings. The van der Waals surface area contributed by atoms with E-state index in [2.05, 4.69) is 5.16 Å². The van der Waals surface area contributed by atoms with Crippen molar-refractivity contribution >= 4 is 33.0 Å². The Morgan fingerprint density at radius 3 is 2.52 bits per heavy atom. The molecule has 2 heterocycles. The maximum absolute atomic E-state index is 12.8. The summed E-state index contributed by atoms with van der Waals surface area (Å²) in [5.41, 5.74) is 2.67. The molecule has 2 N–H and O–H groups in total. The van der Waals surface area contributed by atoms with Gasteiger partial charge in [-0.15, -0.1) is 11.3 Å². The predicted molar refractivity (Wildman–Crippen MR) is 91.1 cm³/mol. The van der Waals surface area contributed by atoms with Gasteiger partial charge >= 0.3 is 0 Å². The van der Waals surface area contributed by atoms with E-state index in [1.807, 2.05) is 0 Å². The summed E-state index contributed by atoms with van der Waals surface area (Å²) in [4.78, 5) is 12.0. The summed E-state index contributed by atoms with van der Waals surface area (Å²) in [7, 11) is -2.33. The predicted octanol–water partition coefficient (Wildman–Crippen LogP) is 2.35. The van der Waals surface area contributed by atoms with Crippen LogP contribution in [0.15, 0.2) is 57.5 Å². The van der Waals surface area contributed by atoms with Crippen molar-refractivity contribution in [2.24, 2.45) is 0 Å². The number of carbonyl (C=O) groups excluding carboxylic acids is 1. The maximum atomic E-state index is 12.8. The van der Waals surface area contributed by atoms with Crippen molar-refractivity contribution in [2.45, 2.75) is 4.21 Å². The SMILES string of the molecule is CN(c1ccc(C(=O)NO)cc1)S(=O)(=O)c1ccc(-c2ccon2)s1. The molecule has 10 heteroatoms. The summed E-state index contributed by atoms with van der Waals surface area (Å²) in [6, 6.07) is 10.6. The van der Waals surface area contributed by atoms with Crippen LogP contribution in [0.3, 0.4) is 0 Å². The molecule has 8 nitrogen and oxygen atoms in total. The summed E-state index contributed by atoms with van der Waals surface area (Å²) >= 11 is 1.08. The second-order valence-corrected chi connectivity index (χ2v) is 8.24. The topological polar surface area (TPSA) is 113 Å². The van der Waals surface area contributed by atoms with Crippen LogP contribution in [0.5, 0.6) is 0 Å². The molecule has 0 saturated heterocycles. The highest BCUT2D eigenvalue weighted by Crippen LogP contribution is 2.32. The number of amides is 1. The lowest BCUT2D eigenvalue weighted by atomic mass is 10.2. The average molecular weight is 379 g/mol. The summed E-state index contributed by atoms with van der Waals surface area (Å²) < 4.78 is 31.6. The van der Waals surface area contributed by atoms with E-state index in [1.165, 1.54) is 49.1 Å². The van der Waals surface area contributed by atoms with Gasteiger partial charge in [-0.25, -0.2) is 13.9 Å². The van der Waals surface area contributed by atoms with Gasteiger partial charge in [-0.2, -0.15) is 0 Å². The fraction of sp³-hybridized carbons (Fsp3) is 0.0667. The molecule has 1 aromatic carbocycles. The first-order valence-electron chi connectivity index (χ1n) is 6.97. The Hall–Kier alpha value is -2.69. The smallest absolute Gasteiger partial charge is 0.274 e. The summed E-state index contributed by atoms with van der Waals surface area (Å²) in [5, 5.41) is 12.4. The number of hydrogen-bond acceptors (Lipinski definition) is 7. The van der Waals surface area contributed by atoms with E-state index in [0.29, 0.717) is 16.3 Å². The van der Waals surface area contributed by atoms with Gasteiger partial charge in [-0.3, -0.25) is 14.3 Å². The number of thiophene rings is 1. The molecule has 3 aromatic rings. The molecule has 1 amide bonds. The van der Waals surface area contributed by atoms with E-state index in [4.69, 9.17) is 9.73 Å². The molecular formula is C15H13N3O5S2. The van der Waals surface area contributed by atoms with E-state index in [1.54, 1.807) is 12.1 Å². The van der Waals surface area contributed by atoms with Crippen LogP contribution in [0.4, 0.5) is 5.69 Å². The van der Waals surface area contributed by atoms with Crippen LogP contribution < -0.4 is 9.79 Å². The molecule has 2 aromatic heterocycles. The number of hydrogen-bond donors (Lipinski definition) is 2. The van der Waals surface area contributed by atoms with Gasteiger partial charge in [0.1, 0.15) is 16.2 Å². The van der Waals surface area contributed by atoms with Gasteiger partial charge in [0.2, 0.25) is 0 Å². The van der Waals surface area contributed by atoms with Gasteiger partial charge in [0, 0.05) is 18.7 Å². The quantitative estimate of drug-likeness (QED) is 0.520. The number of hydroxylamine groups is 1. The number of nitrogens with one attached hydrogen (secondary N) is 1. The van der Waals surface area contributed by atoms with E-state index >= 15 is 0 Å². The van der Waals surface area contributed by atoms with Gasteiger partial charge in [0.25, 0.3) is 15.9 Å². The molecule has 3 rings (SSSR count). The zero-order valence-electron chi connectivity index (χ0n) is 12.9. The van der Waals surface area contributed by atoms with Crippen molar-refractivity contribution in [1.29, 1.82) is 0 Å². The summed E-state index contributed by atoms with van der Waals surface area (Å²) in [5.74, 6) is -0.674. The second kappa shape index (κ2) is 6.67. The van der Waals surface area contributed by atoms with Gasteiger partial charge in [-0.05, 0) is 36.4 Å². The molecule has 0 aliphatic heterocycles. The van der Waals surface area contributed by atoms with Crippen LogP contribution in [0.25, 0.3) is 10.6 Å². The molecule has 25 heavy (non-hydrogen) atoms.